The number of nitrogens with one attached hydrogen (secondary N) is 1. The average molecular weight is 479 g/mol. The number of allylic oxidation sites excluding steroid dienone is 1. The van der Waals surface area contributed by atoms with Crippen LogP contribution in [0.15, 0.2) is 30.3 Å². The van der Waals surface area contributed by atoms with Gasteiger partial charge in [0.25, 0.3) is 0 Å². The maximum Gasteiger partial charge on any atom is 0.161 e. The molecule has 6 nitrogen and oxygen atoms in total. The number of fused-ring (bicyclic) bond motifs is 4. The number of hydrogen-bond acceptors (Lipinski definition) is 6. The fourth-order valence-electron chi connectivity index (χ4n) is 6.27. The molecule has 3 aliphatic heterocycles. The van der Waals surface area contributed by atoms with Crippen molar-refractivity contribution >= 4 is 5.70 Å². The highest BCUT2D eigenvalue weighted by molar-refractivity contribution is 5.72. The summed E-state index contributed by atoms with van der Waals surface area (Å²) in [5.41, 5.74) is 6.57. The molecule has 3 atom stereocenters. The zero-order valence-electron chi connectivity index (χ0n) is 21.6. The number of ether oxygens (including phenoxy) is 4. The average Bonchev–Trinajstić information content (AvgIpc) is 2.91. The van der Waals surface area contributed by atoms with Gasteiger partial charge in [0.15, 0.2) is 23.0 Å². The van der Waals surface area contributed by atoms with Gasteiger partial charge in [0, 0.05) is 36.9 Å². The molecule has 1 N–H and O–H groups in total. The van der Waals surface area contributed by atoms with E-state index in [0.29, 0.717) is 17.9 Å². The predicted molar refractivity (Wildman–Crippen MR) is 139 cm³/mol. The zero-order chi connectivity index (χ0) is 24.5. The van der Waals surface area contributed by atoms with Crippen LogP contribution in [0.1, 0.15) is 48.1 Å². The number of hydrogen-bond donors (Lipinski definition) is 1. The molecular formula is C29H38N2O4. The number of piperidine rings is 1. The monoisotopic (exact) mass is 478 g/mol. The first kappa shape index (κ1) is 23.9. The Morgan fingerprint density at radius 1 is 0.886 bits per heavy atom. The number of benzene rings is 2. The quantitative estimate of drug-likeness (QED) is 0.640. The maximum atomic E-state index is 5.66. The second-order valence-corrected chi connectivity index (χ2v) is 9.86. The molecule has 0 spiro atoms. The minimum Gasteiger partial charge on any atom is -0.493 e. The lowest BCUT2D eigenvalue weighted by atomic mass is 9.75. The first-order valence-corrected chi connectivity index (χ1v) is 12.8. The molecule has 2 aromatic carbocycles. The van der Waals surface area contributed by atoms with Gasteiger partial charge in [-0.1, -0.05) is 19.4 Å². The molecule has 0 aliphatic carbocycles. The Kier molecular flexibility index (Phi) is 6.83. The first-order valence-electron chi connectivity index (χ1n) is 12.8. The van der Waals surface area contributed by atoms with Gasteiger partial charge in [-0.15, -0.1) is 0 Å². The van der Waals surface area contributed by atoms with E-state index in [4.69, 9.17) is 18.9 Å². The van der Waals surface area contributed by atoms with Gasteiger partial charge in [0.1, 0.15) is 0 Å². The van der Waals surface area contributed by atoms with Crippen molar-refractivity contribution in [3.8, 4) is 23.0 Å². The molecule has 6 heteroatoms. The third kappa shape index (κ3) is 4.33. The van der Waals surface area contributed by atoms with Crippen LogP contribution in [0.5, 0.6) is 23.0 Å². The van der Waals surface area contributed by atoms with Crippen molar-refractivity contribution < 1.29 is 18.9 Å². The van der Waals surface area contributed by atoms with Crippen LogP contribution in [-0.4, -0.2) is 53.0 Å². The van der Waals surface area contributed by atoms with Crippen LogP contribution in [0.2, 0.25) is 0 Å². The third-order valence-corrected chi connectivity index (χ3v) is 8.20. The van der Waals surface area contributed by atoms with E-state index in [1.165, 1.54) is 34.4 Å². The molecule has 0 bridgehead atoms. The lowest BCUT2D eigenvalue weighted by molar-refractivity contribution is 0.0693. The number of rotatable bonds is 6. The molecule has 0 unspecified atom stereocenters. The fraction of sp³-hybridized carbons (Fsp3) is 0.517. The number of nitrogens with zero attached hydrogens (tertiary/aromatic N) is 1. The van der Waals surface area contributed by atoms with E-state index < -0.39 is 0 Å². The van der Waals surface area contributed by atoms with E-state index >= 15 is 0 Å². The Bertz CT molecular complexity index is 1110. The van der Waals surface area contributed by atoms with Gasteiger partial charge in [-0.05, 0) is 72.1 Å². The summed E-state index contributed by atoms with van der Waals surface area (Å²) < 4.78 is 22.4. The molecule has 0 amide bonds. The highest BCUT2D eigenvalue weighted by atomic mass is 16.5. The summed E-state index contributed by atoms with van der Waals surface area (Å²) in [6.45, 7) is 5.50. The lowest BCUT2D eigenvalue weighted by Gasteiger charge is -2.47. The summed E-state index contributed by atoms with van der Waals surface area (Å²) in [4.78, 5) is 2.69. The van der Waals surface area contributed by atoms with Crippen molar-refractivity contribution in [1.82, 2.24) is 10.2 Å². The van der Waals surface area contributed by atoms with Crippen molar-refractivity contribution in [2.24, 2.45) is 11.8 Å². The molecule has 188 valence electrons. The van der Waals surface area contributed by atoms with Crippen LogP contribution in [0.3, 0.4) is 0 Å². The normalized spacial score (nSPS) is 24.6. The Balaban J connectivity index is 1.50. The van der Waals surface area contributed by atoms with Gasteiger partial charge in [-0.25, -0.2) is 0 Å². The van der Waals surface area contributed by atoms with Crippen molar-refractivity contribution in [3.05, 3.63) is 52.6 Å². The summed E-state index contributed by atoms with van der Waals surface area (Å²) in [5.74, 6) is 4.35. The van der Waals surface area contributed by atoms with Crippen molar-refractivity contribution in [1.29, 1.82) is 0 Å². The van der Waals surface area contributed by atoms with Crippen molar-refractivity contribution in [3.63, 3.8) is 0 Å². The molecule has 35 heavy (non-hydrogen) atoms. The molecule has 0 saturated carbocycles. The van der Waals surface area contributed by atoms with Gasteiger partial charge < -0.3 is 24.3 Å². The van der Waals surface area contributed by atoms with Crippen LogP contribution in [0.4, 0.5) is 0 Å². The second-order valence-electron chi connectivity index (χ2n) is 9.86. The molecule has 0 radical (unpaired) electrons. The largest absolute Gasteiger partial charge is 0.493 e. The van der Waals surface area contributed by atoms with Crippen LogP contribution < -0.4 is 24.3 Å². The minimum atomic E-state index is 0.400. The van der Waals surface area contributed by atoms with Crippen molar-refractivity contribution in [2.45, 2.75) is 38.6 Å². The summed E-state index contributed by atoms with van der Waals surface area (Å²) in [7, 11) is 6.85. The molecular weight excluding hydrogens is 440 g/mol. The van der Waals surface area contributed by atoms with E-state index in [1.54, 1.807) is 28.4 Å². The zero-order valence-corrected chi connectivity index (χ0v) is 21.6. The molecule has 5 rings (SSSR count). The Hall–Kier alpha value is -2.86. The van der Waals surface area contributed by atoms with Gasteiger partial charge >= 0.3 is 0 Å². The van der Waals surface area contributed by atoms with Crippen LogP contribution in [0.25, 0.3) is 5.70 Å². The predicted octanol–water partition coefficient (Wildman–Crippen LogP) is 4.85. The minimum absolute atomic E-state index is 0.400. The number of methoxy groups -OCH3 is 4. The van der Waals surface area contributed by atoms with E-state index in [0.717, 1.165) is 61.9 Å². The Labute approximate surface area is 209 Å². The van der Waals surface area contributed by atoms with Gasteiger partial charge in [-0.2, -0.15) is 0 Å². The highest BCUT2D eigenvalue weighted by Crippen LogP contribution is 2.46. The van der Waals surface area contributed by atoms with E-state index in [1.807, 2.05) is 0 Å². The maximum absolute atomic E-state index is 5.66. The molecule has 2 aromatic rings. The van der Waals surface area contributed by atoms with Gasteiger partial charge in [-0.3, -0.25) is 4.90 Å². The van der Waals surface area contributed by atoms with Crippen LogP contribution in [-0.2, 0) is 12.8 Å². The topological polar surface area (TPSA) is 52.2 Å². The summed E-state index contributed by atoms with van der Waals surface area (Å²) in [6.07, 6.45) is 6.83. The van der Waals surface area contributed by atoms with Gasteiger partial charge in [0.2, 0.25) is 0 Å². The SMILES string of the molecule is CC[C@H]1CN2CCc3cc(OC)c(OC)cc3[C@@H]2C[C@@H]1C=C1NCCc2cc(OC)c(OC)cc21. The first-order chi connectivity index (χ1) is 17.1. The third-order valence-electron chi connectivity index (χ3n) is 8.20. The summed E-state index contributed by atoms with van der Waals surface area (Å²) in [5, 5.41) is 3.70. The molecule has 3 heterocycles. The molecule has 1 fully saturated rings. The van der Waals surface area contributed by atoms with E-state index in [-0.39, 0.29) is 0 Å². The van der Waals surface area contributed by atoms with Crippen LogP contribution in [0, 0.1) is 11.8 Å². The smallest absolute Gasteiger partial charge is 0.161 e. The Morgan fingerprint density at radius 3 is 2.23 bits per heavy atom. The second kappa shape index (κ2) is 10.0. The van der Waals surface area contributed by atoms with Crippen LogP contribution >= 0.6 is 0 Å². The summed E-state index contributed by atoms with van der Waals surface area (Å²) >= 11 is 0. The summed E-state index contributed by atoms with van der Waals surface area (Å²) in [6, 6.07) is 9.07. The van der Waals surface area contributed by atoms with Crippen molar-refractivity contribution in [2.75, 3.05) is 48.1 Å². The standard InChI is InChI=1S/C29H38N2O4/c1-6-18-17-31-10-8-20-14-27(33-3)29(35-5)16-23(20)25(31)12-21(18)11-24-22-15-28(34-4)26(32-2)13-19(22)7-9-30-24/h11,13-16,18,21,25,30H,6-10,12,17H2,1-5H3/t18-,21-,25-/m0/s1. The van der Waals surface area contributed by atoms with E-state index in [9.17, 15) is 0 Å². The van der Waals surface area contributed by atoms with Gasteiger partial charge in [0.05, 0.1) is 28.4 Å². The van der Waals surface area contributed by atoms with E-state index in [2.05, 4.69) is 47.5 Å². The highest BCUT2D eigenvalue weighted by Gasteiger charge is 2.38. The molecule has 0 aromatic heterocycles. The lowest BCUT2D eigenvalue weighted by Crippen LogP contribution is -2.45. The molecule has 3 aliphatic rings. The Morgan fingerprint density at radius 2 is 1.54 bits per heavy atom. The molecule has 1 saturated heterocycles. The fourth-order valence-corrected chi connectivity index (χ4v) is 6.27.